The van der Waals surface area contributed by atoms with Crippen LogP contribution in [0.3, 0.4) is 0 Å². The second-order valence-electron chi connectivity index (χ2n) is 7.95. The molecular formula is C27H21IrN2O2Si-. The third kappa shape index (κ3) is 3.51. The molecule has 4 heterocycles. The molecule has 6 rings (SSSR count). The molecule has 0 aliphatic carbocycles. The van der Waals surface area contributed by atoms with Gasteiger partial charge in [-0.05, 0) is 52.4 Å². The monoisotopic (exact) mass is 626 g/mol. The van der Waals surface area contributed by atoms with Crippen LogP contribution in [0.5, 0.6) is 0 Å². The predicted molar refractivity (Wildman–Crippen MR) is 130 cm³/mol. The molecule has 4 nitrogen and oxygen atoms in total. The summed E-state index contributed by atoms with van der Waals surface area (Å²) in [5, 5.41) is 13.7. The minimum Gasteiger partial charge on any atom is -0.512 e. The van der Waals surface area contributed by atoms with E-state index in [4.69, 9.17) is 15.1 Å². The number of rotatable bonds is 1. The number of ketones is 1. The second kappa shape index (κ2) is 8.98. The number of hydrogen-bond acceptors (Lipinski definition) is 4. The van der Waals surface area contributed by atoms with E-state index in [1.165, 1.54) is 51.9 Å². The van der Waals surface area contributed by atoms with Crippen molar-refractivity contribution in [1.82, 2.24) is 9.97 Å². The van der Waals surface area contributed by atoms with Gasteiger partial charge in [0.25, 0.3) is 0 Å². The van der Waals surface area contributed by atoms with Gasteiger partial charge in [0.2, 0.25) is 0 Å². The molecular weight excluding hydrogens is 605 g/mol. The topological polar surface area (TPSA) is 63.1 Å². The smallest absolute Gasteiger partial charge is 0.155 e. The van der Waals surface area contributed by atoms with E-state index in [-0.39, 0.29) is 31.6 Å². The van der Waals surface area contributed by atoms with Crippen LogP contribution in [0.4, 0.5) is 0 Å². The van der Waals surface area contributed by atoms with Crippen molar-refractivity contribution >= 4 is 34.7 Å². The number of nitrogens with zero attached hydrogens (tertiary/aromatic N) is 2. The van der Waals surface area contributed by atoms with Crippen LogP contribution < -0.4 is 20.9 Å². The molecule has 2 aliphatic rings. The Kier molecular flexibility index (Phi) is 6.26. The fraction of sp³-hybridized carbons (Fsp3) is 0.0741. The normalized spacial score (nSPS) is 13.6. The SMILES string of the molecule is CC(=O)/C=C(/C)O.[Ir].[c-]1ccnc2c1-c1ncccc1[Si]21c2ccccc2-c2ccccc21. The number of hydrogen-bond donors (Lipinski definition) is 1. The Bertz CT molecular complexity index is 1210. The molecule has 0 atom stereocenters. The van der Waals surface area contributed by atoms with Crippen LogP contribution in [-0.2, 0) is 24.9 Å². The first-order valence-electron chi connectivity index (χ1n) is 10.5. The van der Waals surface area contributed by atoms with Crippen molar-refractivity contribution < 1.29 is 30.0 Å². The Balaban J connectivity index is 0.000000287. The summed E-state index contributed by atoms with van der Waals surface area (Å²) in [5.41, 5.74) is 4.83. The first-order chi connectivity index (χ1) is 15.5. The summed E-state index contributed by atoms with van der Waals surface area (Å²) in [6, 6.07) is 27.3. The zero-order valence-electron chi connectivity index (χ0n) is 18.2. The van der Waals surface area contributed by atoms with E-state index in [9.17, 15) is 4.79 Å². The van der Waals surface area contributed by atoms with E-state index in [1.54, 1.807) is 0 Å². The van der Waals surface area contributed by atoms with Gasteiger partial charge >= 0.3 is 0 Å². The molecule has 2 aliphatic heterocycles. The summed E-state index contributed by atoms with van der Waals surface area (Å²) in [6.45, 7) is 2.85. The molecule has 0 bridgehead atoms. The zero-order valence-corrected chi connectivity index (χ0v) is 21.6. The van der Waals surface area contributed by atoms with Crippen molar-refractivity contribution in [2.24, 2.45) is 0 Å². The number of benzene rings is 2. The first kappa shape index (κ1) is 23.0. The molecule has 2 aromatic carbocycles. The fourth-order valence-electron chi connectivity index (χ4n) is 4.94. The van der Waals surface area contributed by atoms with Crippen molar-refractivity contribution in [3.63, 3.8) is 0 Å². The van der Waals surface area contributed by atoms with Gasteiger partial charge in [-0.2, -0.15) is 0 Å². The van der Waals surface area contributed by atoms with Crippen LogP contribution in [-0.4, -0.2) is 28.9 Å². The van der Waals surface area contributed by atoms with E-state index >= 15 is 0 Å². The molecule has 6 heteroatoms. The molecule has 165 valence electrons. The Morgan fingerprint density at radius 1 is 0.879 bits per heavy atom. The first-order valence-corrected chi connectivity index (χ1v) is 12.5. The van der Waals surface area contributed by atoms with Crippen LogP contribution in [0.15, 0.2) is 91.0 Å². The Labute approximate surface area is 207 Å². The van der Waals surface area contributed by atoms with Gasteiger partial charge < -0.3 is 15.1 Å². The van der Waals surface area contributed by atoms with Crippen molar-refractivity contribution in [2.45, 2.75) is 13.8 Å². The van der Waals surface area contributed by atoms with Gasteiger partial charge in [0.1, 0.15) is 8.07 Å². The molecule has 0 saturated heterocycles. The van der Waals surface area contributed by atoms with Crippen molar-refractivity contribution in [3.8, 4) is 22.4 Å². The summed E-state index contributed by atoms with van der Waals surface area (Å²) in [7, 11) is -2.36. The van der Waals surface area contributed by atoms with Crippen LogP contribution in [0, 0.1) is 6.07 Å². The van der Waals surface area contributed by atoms with Gasteiger partial charge in [-0.3, -0.25) is 4.79 Å². The van der Waals surface area contributed by atoms with Gasteiger partial charge in [0.15, 0.2) is 5.78 Å². The van der Waals surface area contributed by atoms with Gasteiger partial charge in [-0.15, -0.1) is 17.7 Å². The predicted octanol–water partition coefficient (Wildman–Crippen LogP) is 2.65. The molecule has 0 fully saturated rings. The van der Waals surface area contributed by atoms with E-state index < -0.39 is 8.07 Å². The Morgan fingerprint density at radius 2 is 1.48 bits per heavy atom. The van der Waals surface area contributed by atoms with Gasteiger partial charge in [-0.25, -0.2) is 0 Å². The fourth-order valence-corrected chi connectivity index (χ4v) is 10.2. The minimum absolute atomic E-state index is 0. The van der Waals surface area contributed by atoms with E-state index in [0.717, 1.165) is 11.3 Å². The van der Waals surface area contributed by atoms with Gasteiger partial charge in [0.05, 0.1) is 5.76 Å². The van der Waals surface area contributed by atoms with Crippen molar-refractivity contribution in [2.75, 3.05) is 0 Å². The van der Waals surface area contributed by atoms with Crippen LogP contribution in [0.2, 0.25) is 0 Å². The number of fused-ring (bicyclic) bond motifs is 10. The summed E-state index contributed by atoms with van der Waals surface area (Å²) < 4.78 is 0. The van der Waals surface area contributed by atoms with E-state index in [0.29, 0.717) is 0 Å². The maximum atomic E-state index is 10.0. The number of pyridine rings is 2. The van der Waals surface area contributed by atoms with Gasteiger partial charge in [-0.1, -0.05) is 66.0 Å². The molecule has 2 aromatic heterocycles. The molecule has 0 amide bonds. The Hall–Kier alpha value is -3.18. The molecule has 1 radical (unpaired) electrons. The van der Waals surface area contributed by atoms with Crippen LogP contribution >= 0.6 is 0 Å². The number of aliphatic hydroxyl groups excluding tert-OH is 1. The second-order valence-corrected chi connectivity index (χ2v) is 11.5. The van der Waals surface area contributed by atoms with E-state index in [2.05, 4.69) is 66.7 Å². The third-order valence-electron chi connectivity index (χ3n) is 5.91. The number of carbonyl (C=O) groups is 1. The minimum atomic E-state index is -2.36. The van der Waals surface area contributed by atoms with Gasteiger partial charge in [0, 0.05) is 32.4 Å². The number of carbonyl (C=O) groups excluding carboxylic acids is 1. The van der Waals surface area contributed by atoms with Crippen molar-refractivity contribution in [1.29, 1.82) is 0 Å². The summed E-state index contributed by atoms with van der Waals surface area (Å²) >= 11 is 0. The standard InChI is InChI=1S/C22H13N2Si.C5H8O2.Ir/c1-3-10-18-15(7-1)16-8-2-4-11-19(16)25(18)20-12-6-13-23-21(20)17-9-5-14-24-22(17)25;1-4(6)3-5(2)7;/h1-8,10-14H;3,6H,1-2H3;/q-1;;/b;4-3-;. The number of aliphatic hydroxyl groups is 1. The quantitative estimate of drug-likeness (QED) is 0.132. The molecule has 4 aromatic rings. The van der Waals surface area contributed by atoms with Crippen LogP contribution in [0.25, 0.3) is 22.4 Å². The zero-order chi connectivity index (χ0) is 22.3. The average molecular weight is 626 g/mol. The molecule has 1 N–H and O–H groups in total. The summed E-state index contributed by atoms with van der Waals surface area (Å²) in [4.78, 5) is 19.6. The van der Waals surface area contributed by atoms with Crippen molar-refractivity contribution in [3.05, 3.63) is 97.0 Å². The molecule has 0 saturated carbocycles. The molecule has 33 heavy (non-hydrogen) atoms. The average Bonchev–Trinajstić information content (AvgIpc) is 3.26. The number of aromatic nitrogens is 2. The molecule has 1 spiro atoms. The maximum absolute atomic E-state index is 10.0. The van der Waals surface area contributed by atoms with Crippen LogP contribution in [0.1, 0.15) is 13.8 Å². The number of allylic oxidation sites excluding steroid dienone is 2. The largest absolute Gasteiger partial charge is 0.512 e. The Morgan fingerprint density at radius 3 is 2.06 bits per heavy atom. The summed E-state index contributed by atoms with van der Waals surface area (Å²) in [6.07, 6.45) is 4.92. The molecule has 0 unspecified atom stereocenters. The summed E-state index contributed by atoms with van der Waals surface area (Å²) in [5.74, 6) is -0.0625. The third-order valence-corrected chi connectivity index (χ3v) is 10.7. The maximum Gasteiger partial charge on any atom is 0.155 e. The van der Waals surface area contributed by atoms with E-state index in [1.807, 2.05) is 18.5 Å².